The molecular formula is C18H24N2O4. The van der Waals surface area contributed by atoms with Crippen molar-refractivity contribution in [2.24, 2.45) is 11.8 Å². The number of hydrogen-bond donors (Lipinski definition) is 2. The largest absolute Gasteiger partial charge is 0.480 e. The zero-order valence-electron chi connectivity index (χ0n) is 14.4. The topological polar surface area (TPSA) is 90.5 Å². The highest BCUT2D eigenvalue weighted by Gasteiger charge is 2.50. The number of likely N-dealkylation sites (tertiary alicyclic amines) is 1. The quantitative estimate of drug-likeness (QED) is 0.829. The predicted molar refractivity (Wildman–Crippen MR) is 88.2 cm³/mol. The Morgan fingerprint density at radius 1 is 1.29 bits per heavy atom. The van der Waals surface area contributed by atoms with Gasteiger partial charge >= 0.3 is 5.97 Å². The summed E-state index contributed by atoms with van der Waals surface area (Å²) in [5.74, 6) is -0.953. The van der Waals surface area contributed by atoms with Crippen molar-refractivity contribution in [3.05, 3.63) is 22.5 Å². The van der Waals surface area contributed by atoms with Crippen LogP contribution in [0.2, 0.25) is 0 Å². The fourth-order valence-corrected chi connectivity index (χ4v) is 4.66. The smallest absolute Gasteiger partial charge is 0.326 e. The second-order valence-electron chi connectivity index (χ2n) is 6.98. The zero-order valence-corrected chi connectivity index (χ0v) is 14.4. The number of aromatic nitrogens is 1. The summed E-state index contributed by atoms with van der Waals surface area (Å²) in [4.78, 5) is 41.3. The highest BCUT2D eigenvalue weighted by Crippen LogP contribution is 2.43. The minimum absolute atomic E-state index is 0.0554. The first-order valence-electron chi connectivity index (χ1n) is 8.62. The van der Waals surface area contributed by atoms with Crippen molar-refractivity contribution in [1.29, 1.82) is 0 Å². The number of carboxylic acid groups (broad SMARTS) is 1. The van der Waals surface area contributed by atoms with Crippen LogP contribution in [0.15, 0.2) is 0 Å². The number of carbonyl (C=O) groups excluding carboxylic acids is 2. The maximum absolute atomic E-state index is 13.1. The molecule has 6 nitrogen and oxygen atoms in total. The first-order valence-corrected chi connectivity index (χ1v) is 8.62. The summed E-state index contributed by atoms with van der Waals surface area (Å²) in [5.41, 5.74) is 2.32. The van der Waals surface area contributed by atoms with Crippen LogP contribution in [0, 0.1) is 18.8 Å². The SMILES string of the molecule is CCc1c(C(=O)N2CC3CCCC3C2C(=O)O)[nH]c(C)c1C(C)=O. The summed E-state index contributed by atoms with van der Waals surface area (Å²) in [7, 11) is 0. The zero-order chi connectivity index (χ0) is 17.6. The third-order valence-electron chi connectivity index (χ3n) is 5.61. The summed E-state index contributed by atoms with van der Waals surface area (Å²) in [6.07, 6.45) is 3.45. The van der Waals surface area contributed by atoms with Crippen molar-refractivity contribution >= 4 is 17.7 Å². The summed E-state index contributed by atoms with van der Waals surface area (Å²) >= 11 is 0. The molecule has 1 aliphatic heterocycles. The third kappa shape index (κ3) is 2.44. The van der Waals surface area contributed by atoms with Gasteiger partial charge in [0.2, 0.25) is 0 Å². The van der Waals surface area contributed by atoms with Gasteiger partial charge in [0.25, 0.3) is 5.91 Å². The van der Waals surface area contributed by atoms with Gasteiger partial charge < -0.3 is 15.0 Å². The number of carboxylic acids is 1. The van der Waals surface area contributed by atoms with Crippen LogP contribution in [0.4, 0.5) is 0 Å². The van der Waals surface area contributed by atoms with Crippen molar-refractivity contribution in [2.45, 2.75) is 52.5 Å². The van der Waals surface area contributed by atoms with Crippen LogP contribution >= 0.6 is 0 Å². The first kappa shape index (κ1) is 16.7. The summed E-state index contributed by atoms with van der Waals surface area (Å²) in [6, 6.07) is -0.751. The minimum Gasteiger partial charge on any atom is -0.480 e. The van der Waals surface area contributed by atoms with Gasteiger partial charge in [-0.3, -0.25) is 9.59 Å². The lowest BCUT2D eigenvalue weighted by atomic mass is 9.94. The Morgan fingerprint density at radius 3 is 2.58 bits per heavy atom. The molecule has 6 heteroatoms. The van der Waals surface area contributed by atoms with E-state index in [1.54, 1.807) is 6.92 Å². The van der Waals surface area contributed by atoms with Gasteiger partial charge in [0.05, 0.1) is 0 Å². The highest BCUT2D eigenvalue weighted by atomic mass is 16.4. The lowest BCUT2D eigenvalue weighted by Crippen LogP contribution is -2.43. The standard InChI is InChI=1S/C18H24N2O4/c1-4-12-14(10(3)21)9(2)19-15(12)17(22)20-8-11-6-5-7-13(11)16(20)18(23)24/h11,13,16,19H,4-8H2,1-3H3,(H,23,24). The van der Waals surface area contributed by atoms with Gasteiger partial charge in [-0.15, -0.1) is 0 Å². The third-order valence-corrected chi connectivity index (χ3v) is 5.61. The number of ketones is 1. The number of carbonyl (C=O) groups is 3. The van der Waals surface area contributed by atoms with Gasteiger partial charge in [-0.25, -0.2) is 4.79 Å². The molecule has 3 rings (SSSR count). The molecule has 1 aliphatic carbocycles. The van der Waals surface area contributed by atoms with Gasteiger partial charge in [0.1, 0.15) is 11.7 Å². The molecule has 1 aromatic heterocycles. The number of aliphatic carboxylic acids is 1. The summed E-state index contributed by atoms with van der Waals surface area (Å²) in [5, 5.41) is 9.64. The van der Waals surface area contributed by atoms with Gasteiger partial charge in [0.15, 0.2) is 5.78 Å². The van der Waals surface area contributed by atoms with Crippen molar-refractivity contribution < 1.29 is 19.5 Å². The number of aryl methyl sites for hydroxylation is 1. The Labute approximate surface area is 141 Å². The molecule has 130 valence electrons. The number of Topliss-reactive ketones (excluding diaryl/α,β-unsaturated/α-hetero) is 1. The molecule has 3 unspecified atom stereocenters. The molecule has 0 bridgehead atoms. The molecule has 1 saturated carbocycles. The van der Waals surface area contributed by atoms with Crippen molar-refractivity contribution in [3.63, 3.8) is 0 Å². The van der Waals surface area contributed by atoms with Crippen LogP contribution in [0.1, 0.15) is 65.2 Å². The molecule has 2 heterocycles. The Bertz CT molecular complexity index is 706. The van der Waals surface area contributed by atoms with Crippen molar-refractivity contribution in [3.8, 4) is 0 Å². The van der Waals surface area contributed by atoms with E-state index in [0.717, 1.165) is 19.3 Å². The average molecular weight is 332 g/mol. The van der Waals surface area contributed by atoms with Crippen LogP contribution in [-0.2, 0) is 11.2 Å². The average Bonchev–Trinajstić information content (AvgIpc) is 3.16. The lowest BCUT2D eigenvalue weighted by molar-refractivity contribution is -0.142. The number of fused-ring (bicyclic) bond motifs is 1. The normalized spacial score (nSPS) is 25.8. The first-order chi connectivity index (χ1) is 11.4. The van der Waals surface area contributed by atoms with Crippen LogP contribution in [0.5, 0.6) is 0 Å². The van der Waals surface area contributed by atoms with Gasteiger partial charge in [0, 0.05) is 17.8 Å². The molecule has 0 spiro atoms. The summed E-state index contributed by atoms with van der Waals surface area (Å²) < 4.78 is 0. The molecular weight excluding hydrogens is 308 g/mol. The summed E-state index contributed by atoms with van der Waals surface area (Å²) in [6.45, 7) is 5.67. The number of amides is 1. The number of H-pyrrole nitrogens is 1. The molecule has 1 aromatic rings. The van der Waals surface area contributed by atoms with E-state index in [0.29, 0.717) is 35.5 Å². The number of hydrogen-bond acceptors (Lipinski definition) is 3. The molecule has 3 atom stereocenters. The fourth-order valence-electron chi connectivity index (χ4n) is 4.66. The van der Waals surface area contributed by atoms with Crippen LogP contribution in [-0.4, -0.2) is 45.2 Å². The number of nitrogens with one attached hydrogen (secondary N) is 1. The van der Waals surface area contributed by atoms with E-state index in [1.165, 1.54) is 11.8 Å². The monoisotopic (exact) mass is 332 g/mol. The Morgan fingerprint density at radius 2 is 2.00 bits per heavy atom. The number of rotatable bonds is 4. The molecule has 2 N–H and O–H groups in total. The Hall–Kier alpha value is -2.11. The van der Waals surface area contributed by atoms with Gasteiger partial charge in [-0.2, -0.15) is 0 Å². The van der Waals surface area contributed by atoms with Gasteiger partial charge in [-0.05, 0) is 50.5 Å². The molecule has 1 amide bonds. The Kier molecular flexibility index (Phi) is 4.24. The van der Waals surface area contributed by atoms with Crippen LogP contribution in [0.3, 0.4) is 0 Å². The van der Waals surface area contributed by atoms with E-state index in [4.69, 9.17) is 0 Å². The number of aromatic amines is 1. The molecule has 1 saturated heterocycles. The fraction of sp³-hybridized carbons (Fsp3) is 0.611. The van der Waals surface area contributed by atoms with E-state index < -0.39 is 12.0 Å². The van der Waals surface area contributed by atoms with Crippen molar-refractivity contribution in [1.82, 2.24) is 9.88 Å². The van der Waals surface area contributed by atoms with E-state index in [9.17, 15) is 19.5 Å². The lowest BCUT2D eigenvalue weighted by Gasteiger charge is -2.24. The second kappa shape index (κ2) is 6.07. The molecule has 24 heavy (non-hydrogen) atoms. The van der Waals surface area contributed by atoms with E-state index in [-0.39, 0.29) is 23.5 Å². The van der Waals surface area contributed by atoms with E-state index >= 15 is 0 Å². The minimum atomic E-state index is -0.925. The van der Waals surface area contributed by atoms with Crippen LogP contribution in [0.25, 0.3) is 0 Å². The molecule has 2 aliphatic rings. The Balaban J connectivity index is 1.99. The maximum Gasteiger partial charge on any atom is 0.326 e. The second-order valence-corrected chi connectivity index (χ2v) is 6.98. The number of nitrogens with zero attached hydrogens (tertiary/aromatic N) is 1. The maximum atomic E-state index is 13.1. The van der Waals surface area contributed by atoms with Crippen LogP contribution < -0.4 is 0 Å². The molecule has 2 fully saturated rings. The molecule has 0 aromatic carbocycles. The highest BCUT2D eigenvalue weighted by molar-refractivity contribution is 6.03. The van der Waals surface area contributed by atoms with Gasteiger partial charge in [-0.1, -0.05) is 13.3 Å². The van der Waals surface area contributed by atoms with E-state index in [2.05, 4.69) is 4.98 Å². The van der Waals surface area contributed by atoms with Crippen molar-refractivity contribution in [2.75, 3.05) is 6.54 Å². The molecule has 0 radical (unpaired) electrons. The van der Waals surface area contributed by atoms with E-state index in [1.807, 2.05) is 6.92 Å². The predicted octanol–water partition coefficient (Wildman–Crippen LogP) is 2.41.